The van der Waals surface area contributed by atoms with Gasteiger partial charge in [0.2, 0.25) is 0 Å². The molecule has 0 spiro atoms. The van der Waals surface area contributed by atoms with Crippen LogP contribution in [0.15, 0.2) is 18.2 Å². The fraction of sp³-hybridized carbons (Fsp3) is 0.588. The smallest absolute Gasteiger partial charge is 0.282 e. The highest BCUT2D eigenvalue weighted by atomic mass is 32.2. The molecule has 27 heavy (non-hydrogen) atoms. The van der Waals surface area contributed by atoms with Gasteiger partial charge in [-0.05, 0) is 32.0 Å². The van der Waals surface area contributed by atoms with Crippen LogP contribution < -0.4 is 0 Å². The molecule has 0 aliphatic carbocycles. The van der Waals surface area contributed by atoms with Gasteiger partial charge in [-0.3, -0.25) is 4.79 Å². The molecule has 0 radical (unpaired) electrons. The van der Waals surface area contributed by atoms with E-state index in [1.165, 1.54) is 19.6 Å². The lowest BCUT2D eigenvalue weighted by Crippen LogP contribution is -2.57. The summed E-state index contributed by atoms with van der Waals surface area (Å²) in [5.41, 5.74) is 0.0426. The molecular weight excluding hydrogens is 380 g/mol. The van der Waals surface area contributed by atoms with E-state index in [1.807, 2.05) is 13.8 Å². The van der Waals surface area contributed by atoms with E-state index in [4.69, 9.17) is 4.74 Å². The van der Waals surface area contributed by atoms with Crippen molar-refractivity contribution in [3.05, 3.63) is 35.4 Å². The topological polar surface area (TPSA) is 70.2 Å². The zero-order chi connectivity index (χ0) is 19.8. The summed E-state index contributed by atoms with van der Waals surface area (Å²) in [6, 6.07) is 2.99. The average Bonchev–Trinajstić information content (AvgIpc) is 2.62. The average molecular weight is 403 g/mol. The highest BCUT2D eigenvalue weighted by Gasteiger charge is 2.37. The molecule has 2 aliphatic rings. The maximum Gasteiger partial charge on any atom is 0.282 e. The minimum absolute atomic E-state index is 0.0426. The minimum Gasteiger partial charge on any atom is -0.373 e. The van der Waals surface area contributed by atoms with Crippen LogP contribution >= 0.6 is 0 Å². The largest absolute Gasteiger partial charge is 0.373 e. The van der Waals surface area contributed by atoms with Crippen molar-refractivity contribution in [1.29, 1.82) is 0 Å². The molecule has 10 heteroatoms. The molecule has 1 amide bonds. The van der Waals surface area contributed by atoms with Gasteiger partial charge in [-0.25, -0.2) is 8.78 Å². The fourth-order valence-corrected chi connectivity index (χ4v) is 5.16. The summed E-state index contributed by atoms with van der Waals surface area (Å²) in [5, 5.41) is 0. The van der Waals surface area contributed by atoms with Crippen LogP contribution in [0.2, 0.25) is 0 Å². The van der Waals surface area contributed by atoms with E-state index in [-0.39, 0.29) is 44.0 Å². The Morgan fingerprint density at radius 1 is 1.00 bits per heavy atom. The number of piperazine rings is 1. The van der Waals surface area contributed by atoms with Crippen molar-refractivity contribution in [2.75, 3.05) is 39.3 Å². The van der Waals surface area contributed by atoms with Crippen molar-refractivity contribution < 1.29 is 26.7 Å². The normalized spacial score (nSPS) is 25.6. The second kappa shape index (κ2) is 7.78. The van der Waals surface area contributed by atoms with Crippen molar-refractivity contribution >= 4 is 16.1 Å². The van der Waals surface area contributed by atoms with Crippen molar-refractivity contribution in [3.63, 3.8) is 0 Å². The molecule has 1 aromatic carbocycles. The van der Waals surface area contributed by atoms with Crippen LogP contribution in [-0.2, 0) is 14.9 Å². The Labute approximate surface area is 157 Å². The third kappa shape index (κ3) is 4.29. The number of rotatable bonds is 3. The van der Waals surface area contributed by atoms with Crippen LogP contribution in [0, 0.1) is 11.6 Å². The van der Waals surface area contributed by atoms with Crippen molar-refractivity contribution in [2.24, 2.45) is 0 Å². The third-order valence-electron chi connectivity index (χ3n) is 4.73. The lowest BCUT2D eigenvalue weighted by atomic mass is 10.1. The molecule has 2 fully saturated rings. The van der Waals surface area contributed by atoms with Crippen LogP contribution in [-0.4, -0.2) is 79.3 Å². The number of carbonyl (C=O) groups excluding carboxylic acids is 1. The van der Waals surface area contributed by atoms with Gasteiger partial charge in [-0.2, -0.15) is 17.0 Å². The Kier molecular flexibility index (Phi) is 5.80. The van der Waals surface area contributed by atoms with E-state index in [0.29, 0.717) is 13.1 Å². The number of ether oxygens (including phenoxy) is 1. The molecule has 7 nitrogen and oxygen atoms in total. The van der Waals surface area contributed by atoms with Gasteiger partial charge in [0, 0.05) is 44.8 Å². The Morgan fingerprint density at radius 2 is 1.59 bits per heavy atom. The number of halogens is 2. The highest BCUT2D eigenvalue weighted by molar-refractivity contribution is 7.86. The molecular formula is C17H23F2N3O4S. The number of benzene rings is 1. The lowest BCUT2D eigenvalue weighted by molar-refractivity contribution is -0.0457. The molecule has 3 rings (SSSR count). The molecule has 2 aliphatic heterocycles. The zero-order valence-electron chi connectivity index (χ0n) is 15.3. The molecule has 2 unspecified atom stereocenters. The number of carbonyl (C=O) groups is 1. The maximum absolute atomic E-state index is 13.3. The third-order valence-corrected chi connectivity index (χ3v) is 6.70. The molecule has 2 saturated heterocycles. The van der Waals surface area contributed by atoms with Crippen LogP contribution in [0.5, 0.6) is 0 Å². The summed E-state index contributed by atoms with van der Waals surface area (Å²) in [6.45, 7) is 4.92. The summed E-state index contributed by atoms with van der Waals surface area (Å²) >= 11 is 0. The molecule has 0 saturated carbocycles. The highest BCUT2D eigenvalue weighted by Crippen LogP contribution is 2.20. The van der Waals surface area contributed by atoms with Crippen molar-refractivity contribution in [1.82, 2.24) is 13.5 Å². The Balaban J connectivity index is 1.64. The predicted molar refractivity (Wildman–Crippen MR) is 94.3 cm³/mol. The maximum atomic E-state index is 13.3. The minimum atomic E-state index is -3.64. The zero-order valence-corrected chi connectivity index (χ0v) is 16.1. The second-order valence-electron chi connectivity index (χ2n) is 6.90. The number of hydrogen-bond acceptors (Lipinski definition) is 4. The summed E-state index contributed by atoms with van der Waals surface area (Å²) in [7, 11) is -3.64. The van der Waals surface area contributed by atoms with E-state index < -0.39 is 27.8 Å². The van der Waals surface area contributed by atoms with Crippen molar-refractivity contribution in [3.8, 4) is 0 Å². The Hall–Kier alpha value is -1.62. The number of hydrogen-bond donors (Lipinski definition) is 0. The molecule has 150 valence electrons. The first-order valence-corrected chi connectivity index (χ1v) is 10.2. The SMILES string of the molecule is CC1CN(S(=O)(=O)N2CCN(C(=O)c3ccc(F)c(F)c3)CC2)CC(C)O1. The monoisotopic (exact) mass is 403 g/mol. The summed E-state index contributed by atoms with van der Waals surface area (Å²) < 4.78 is 60.4. The van der Waals surface area contributed by atoms with Gasteiger partial charge < -0.3 is 9.64 Å². The molecule has 1 aromatic rings. The first kappa shape index (κ1) is 20.1. The summed E-state index contributed by atoms with van der Waals surface area (Å²) in [4.78, 5) is 13.9. The number of amides is 1. The first-order valence-electron chi connectivity index (χ1n) is 8.83. The summed E-state index contributed by atoms with van der Waals surface area (Å²) in [6.07, 6.45) is -0.362. The van der Waals surface area contributed by atoms with Crippen LogP contribution in [0.4, 0.5) is 8.78 Å². The number of morpholine rings is 1. The molecule has 2 heterocycles. The lowest BCUT2D eigenvalue weighted by Gasteiger charge is -2.40. The van der Waals surface area contributed by atoms with Crippen LogP contribution in [0.25, 0.3) is 0 Å². The van der Waals surface area contributed by atoms with Crippen molar-refractivity contribution in [2.45, 2.75) is 26.1 Å². The van der Waals surface area contributed by atoms with Gasteiger partial charge in [0.15, 0.2) is 11.6 Å². The summed E-state index contributed by atoms with van der Waals surface area (Å²) in [5.74, 6) is -2.55. The Bertz CT molecular complexity index is 802. The van der Waals surface area contributed by atoms with E-state index >= 15 is 0 Å². The second-order valence-corrected chi connectivity index (χ2v) is 8.83. The molecule has 0 N–H and O–H groups in total. The number of nitrogens with zero attached hydrogens (tertiary/aromatic N) is 3. The van der Waals surface area contributed by atoms with Gasteiger partial charge in [0.05, 0.1) is 12.2 Å². The molecule has 2 atom stereocenters. The van der Waals surface area contributed by atoms with Crippen LogP contribution in [0.3, 0.4) is 0 Å². The van der Waals surface area contributed by atoms with E-state index in [0.717, 1.165) is 12.1 Å². The fourth-order valence-electron chi connectivity index (χ4n) is 3.42. The van der Waals surface area contributed by atoms with Crippen LogP contribution in [0.1, 0.15) is 24.2 Å². The molecule has 0 aromatic heterocycles. The first-order chi connectivity index (χ1) is 12.7. The van der Waals surface area contributed by atoms with Gasteiger partial charge in [0.25, 0.3) is 16.1 Å². The van der Waals surface area contributed by atoms with Gasteiger partial charge in [-0.15, -0.1) is 0 Å². The Morgan fingerprint density at radius 3 is 2.15 bits per heavy atom. The quantitative estimate of drug-likeness (QED) is 0.757. The van der Waals surface area contributed by atoms with E-state index in [1.54, 1.807) is 0 Å². The predicted octanol–water partition coefficient (Wildman–Crippen LogP) is 1.08. The van der Waals surface area contributed by atoms with E-state index in [2.05, 4.69) is 0 Å². The van der Waals surface area contributed by atoms with Gasteiger partial charge >= 0.3 is 0 Å². The molecule has 0 bridgehead atoms. The van der Waals surface area contributed by atoms with E-state index in [9.17, 15) is 22.0 Å². The standard InChI is InChI=1S/C17H23F2N3O4S/c1-12-10-22(11-13(2)26-12)27(24,25)21-7-5-20(6-8-21)17(23)14-3-4-15(18)16(19)9-14/h3-4,9,12-13H,5-8,10-11H2,1-2H3. The van der Waals surface area contributed by atoms with Gasteiger partial charge in [0.1, 0.15) is 0 Å². The van der Waals surface area contributed by atoms with Gasteiger partial charge in [-0.1, -0.05) is 0 Å².